The van der Waals surface area contributed by atoms with E-state index in [-0.39, 0.29) is 11.3 Å². The van der Waals surface area contributed by atoms with Crippen molar-refractivity contribution in [3.63, 3.8) is 0 Å². The average Bonchev–Trinajstić information content (AvgIpc) is 2.84. The molecule has 0 saturated carbocycles. The first-order chi connectivity index (χ1) is 9.88. The fraction of sp³-hybridized carbons (Fsp3) is 0.294. The molecule has 0 spiro atoms. The quantitative estimate of drug-likeness (QED) is 0.691. The molecular formula is C17H20N2O2. The summed E-state index contributed by atoms with van der Waals surface area (Å²) in [7, 11) is 0. The maximum absolute atomic E-state index is 11.8. The smallest absolute Gasteiger partial charge is 0.274 e. The number of carbonyl (C=O) groups excluding carboxylic acids is 1. The Balaban J connectivity index is 1.99. The number of aryl methyl sites for hydroxylation is 1. The minimum atomic E-state index is -0.274. The lowest BCUT2D eigenvalue weighted by atomic mass is 9.87. The normalized spacial score (nSPS) is 11.8. The number of amides is 1. The Hall–Kier alpha value is -2.36. The number of nitrogens with zero attached hydrogens (tertiary/aromatic N) is 1. The molecule has 4 nitrogen and oxygen atoms in total. The van der Waals surface area contributed by atoms with E-state index in [4.69, 9.17) is 4.42 Å². The zero-order valence-corrected chi connectivity index (χ0v) is 12.8. The van der Waals surface area contributed by atoms with Crippen molar-refractivity contribution in [3.05, 3.63) is 59.0 Å². The molecule has 0 atom stereocenters. The molecule has 0 unspecified atom stereocenters. The van der Waals surface area contributed by atoms with Gasteiger partial charge in [0.15, 0.2) is 0 Å². The van der Waals surface area contributed by atoms with Crippen LogP contribution in [-0.4, -0.2) is 12.1 Å². The fourth-order valence-electron chi connectivity index (χ4n) is 1.92. The number of hydrazone groups is 1. The second-order valence-corrected chi connectivity index (χ2v) is 5.96. The third kappa shape index (κ3) is 3.81. The van der Waals surface area contributed by atoms with Crippen molar-refractivity contribution in [3.8, 4) is 0 Å². The van der Waals surface area contributed by atoms with Crippen LogP contribution in [0.4, 0.5) is 0 Å². The lowest BCUT2D eigenvalue weighted by molar-refractivity contribution is 0.0953. The zero-order chi connectivity index (χ0) is 15.5. The largest absolute Gasteiger partial charge is 0.469 e. The average molecular weight is 284 g/mol. The van der Waals surface area contributed by atoms with Gasteiger partial charge in [-0.2, -0.15) is 5.10 Å². The van der Waals surface area contributed by atoms with Crippen LogP contribution in [0.25, 0.3) is 0 Å². The predicted octanol–water partition coefficient (Wildman–Crippen LogP) is 3.65. The van der Waals surface area contributed by atoms with Crippen LogP contribution in [-0.2, 0) is 5.41 Å². The van der Waals surface area contributed by atoms with Gasteiger partial charge in [-0.15, -0.1) is 0 Å². The van der Waals surface area contributed by atoms with Crippen LogP contribution >= 0.6 is 0 Å². The molecule has 110 valence electrons. The van der Waals surface area contributed by atoms with Gasteiger partial charge in [0.2, 0.25) is 0 Å². The highest BCUT2D eigenvalue weighted by molar-refractivity contribution is 5.95. The first-order valence-electron chi connectivity index (χ1n) is 6.86. The van der Waals surface area contributed by atoms with Crippen LogP contribution in [0.15, 0.2) is 46.1 Å². The molecule has 0 aliphatic carbocycles. The molecule has 0 saturated heterocycles. The molecule has 2 aromatic rings. The van der Waals surface area contributed by atoms with Gasteiger partial charge < -0.3 is 4.42 Å². The summed E-state index contributed by atoms with van der Waals surface area (Å²) in [6.45, 7) is 8.25. The Labute approximate surface area is 124 Å². The second-order valence-electron chi connectivity index (χ2n) is 5.96. The summed E-state index contributed by atoms with van der Waals surface area (Å²) < 4.78 is 5.08. The number of nitrogens with one attached hydrogen (secondary N) is 1. The highest BCUT2D eigenvalue weighted by Gasteiger charge is 2.12. The van der Waals surface area contributed by atoms with Crippen LogP contribution in [0.3, 0.4) is 0 Å². The number of hydrogen-bond donors (Lipinski definition) is 1. The number of rotatable bonds is 3. The Bertz CT molecular complexity index is 646. The summed E-state index contributed by atoms with van der Waals surface area (Å²) in [5.74, 6) is 0.307. The maximum atomic E-state index is 11.8. The first kappa shape index (κ1) is 15.0. The molecule has 21 heavy (non-hydrogen) atoms. The molecule has 1 heterocycles. The summed E-state index contributed by atoms with van der Waals surface area (Å²) in [5, 5.41) is 3.96. The first-order valence-corrected chi connectivity index (χ1v) is 6.86. The Morgan fingerprint density at radius 2 is 1.86 bits per heavy atom. The number of hydrogen-bond acceptors (Lipinski definition) is 3. The Morgan fingerprint density at radius 3 is 2.38 bits per heavy atom. The van der Waals surface area contributed by atoms with E-state index >= 15 is 0 Å². The molecule has 1 aromatic carbocycles. The van der Waals surface area contributed by atoms with Crippen molar-refractivity contribution in [2.45, 2.75) is 33.1 Å². The number of carbonyl (C=O) groups is 1. The van der Waals surface area contributed by atoms with Gasteiger partial charge in [-0.25, -0.2) is 5.43 Å². The van der Waals surface area contributed by atoms with E-state index in [0.717, 1.165) is 5.56 Å². The van der Waals surface area contributed by atoms with Crippen molar-refractivity contribution in [1.29, 1.82) is 0 Å². The summed E-state index contributed by atoms with van der Waals surface area (Å²) in [5.41, 5.74) is 5.31. The molecule has 1 aromatic heterocycles. The van der Waals surface area contributed by atoms with E-state index in [1.807, 2.05) is 12.1 Å². The van der Waals surface area contributed by atoms with Crippen molar-refractivity contribution in [2.24, 2.45) is 5.10 Å². The number of furan rings is 1. The third-order valence-electron chi connectivity index (χ3n) is 3.26. The van der Waals surface area contributed by atoms with Crippen molar-refractivity contribution in [2.75, 3.05) is 0 Å². The number of benzene rings is 1. The van der Waals surface area contributed by atoms with E-state index in [1.54, 1.807) is 19.2 Å². The van der Waals surface area contributed by atoms with Gasteiger partial charge in [0, 0.05) is 0 Å². The van der Waals surface area contributed by atoms with Gasteiger partial charge in [-0.3, -0.25) is 4.79 Å². The lowest BCUT2D eigenvalue weighted by Crippen LogP contribution is -2.17. The molecule has 1 N–H and O–H groups in total. The molecule has 0 aliphatic rings. The summed E-state index contributed by atoms with van der Waals surface area (Å²) in [4.78, 5) is 11.8. The van der Waals surface area contributed by atoms with E-state index in [1.165, 1.54) is 11.8 Å². The standard InChI is InChI=1S/C17H20N2O2/c1-12-15(9-10-21-12)16(20)19-18-11-13-5-7-14(8-6-13)17(2,3)4/h5-11H,1-4H3,(H,19,20). The predicted molar refractivity (Wildman–Crippen MR) is 83.6 cm³/mol. The van der Waals surface area contributed by atoms with Crippen LogP contribution in [0.5, 0.6) is 0 Å². The minimum Gasteiger partial charge on any atom is -0.469 e. The van der Waals surface area contributed by atoms with Gasteiger partial charge >= 0.3 is 0 Å². The molecule has 4 heteroatoms. The molecule has 0 fully saturated rings. The molecule has 0 aliphatic heterocycles. The summed E-state index contributed by atoms with van der Waals surface area (Å²) >= 11 is 0. The maximum Gasteiger partial charge on any atom is 0.274 e. The van der Waals surface area contributed by atoms with Crippen LogP contribution in [0.2, 0.25) is 0 Å². The van der Waals surface area contributed by atoms with E-state index in [0.29, 0.717) is 11.3 Å². The molecule has 0 radical (unpaired) electrons. The Morgan fingerprint density at radius 1 is 1.19 bits per heavy atom. The minimum absolute atomic E-state index is 0.128. The summed E-state index contributed by atoms with van der Waals surface area (Å²) in [6.07, 6.45) is 3.11. The Kier molecular flexibility index (Phi) is 4.26. The van der Waals surface area contributed by atoms with E-state index in [2.05, 4.69) is 43.4 Å². The van der Waals surface area contributed by atoms with Crippen LogP contribution in [0, 0.1) is 6.92 Å². The second kappa shape index (κ2) is 5.95. The third-order valence-corrected chi connectivity index (χ3v) is 3.26. The molecule has 0 bridgehead atoms. The fourth-order valence-corrected chi connectivity index (χ4v) is 1.92. The topological polar surface area (TPSA) is 54.6 Å². The van der Waals surface area contributed by atoms with E-state index in [9.17, 15) is 4.79 Å². The van der Waals surface area contributed by atoms with Crippen molar-refractivity contribution < 1.29 is 9.21 Å². The van der Waals surface area contributed by atoms with Gasteiger partial charge in [-0.1, -0.05) is 45.0 Å². The molecule has 1 amide bonds. The van der Waals surface area contributed by atoms with Crippen LogP contribution < -0.4 is 5.43 Å². The SMILES string of the molecule is Cc1occc1C(=O)NN=Cc1ccc(C(C)(C)C)cc1. The highest BCUT2D eigenvalue weighted by Crippen LogP contribution is 2.21. The lowest BCUT2D eigenvalue weighted by Gasteiger charge is -2.18. The van der Waals surface area contributed by atoms with Gasteiger partial charge in [0.1, 0.15) is 5.76 Å². The highest BCUT2D eigenvalue weighted by atomic mass is 16.3. The van der Waals surface area contributed by atoms with Gasteiger partial charge in [0.25, 0.3) is 5.91 Å². The van der Waals surface area contributed by atoms with Crippen LogP contribution in [0.1, 0.15) is 48.0 Å². The van der Waals surface area contributed by atoms with Crippen molar-refractivity contribution >= 4 is 12.1 Å². The zero-order valence-electron chi connectivity index (χ0n) is 12.8. The summed E-state index contributed by atoms with van der Waals surface area (Å²) in [6, 6.07) is 9.74. The molecule has 2 rings (SSSR count). The van der Waals surface area contributed by atoms with Gasteiger partial charge in [-0.05, 0) is 29.5 Å². The monoisotopic (exact) mass is 284 g/mol. The van der Waals surface area contributed by atoms with E-state index < -0.39 is 0 Å². The molecular weight excluding hydrogens is 264 g/mol. The van der Waals surface area contributed by atoms with Gasteiger partial charge in [0.05, 0.1) is 18.0 Å². The van der Waals surface area contributed by atoms with Crippen molar-refractivity contribution in [1.82, 2.24) is 5.43 Å².